The fourth-order valence-electron chi connectivity index (χ4n) is 2.20. The highest BCUT2D eigenvalue weighted by Gasteiger charge is 2.11. The second-order valence-corrected chi connectivity index (χ2v) is 7.74. The molecule has 0 aliphatic carbocycles. The lowest BCUT2D eigenvalue weighted by atomic mass is 10.2. The third-order valence-corrected chi connectivity index (χ3v) is 5.27. The molecule has 1 aromatic carbocycles. The number of nitrogens with zero attached hydrogens (tertiary/aromatic N) is 3. The molecule has 3 aromatic rings. The average Bonchev–Trinajstić information content (AvgIpc) is 3.33. The molecule has 7 nitrogen and oxygen atoms in total. The number of hydrogen-bond acceptors (Lipinski definition) is 7. The van der Waals surface area contributed by atoms with Crippen LogP contribution in [0.5, 0.6) is 0 Å². The molecule has 27 heavy (non-hydrogen) atoms. The Morgan fingerprint density at radius 1 is 1.22 bits per heavy atom. The number of hydrogen-bond donors (Lipinski definition) is 1. The fraction of sp³-hybridized carbons (Fsp3) is 0.222. The van der Waals surface area contributed by atoms with Crippen LogP contribution in [0.2, 0.25) is 0 Å². The quantitative estimate of drug-likeness (QED) is 0.652. The molecular formula is C18H18N4O3S2. The number of carbonyl (C=O) groups excluding carboxylic acids is 2. The molecule has 0 atom stereocenters. The summed E-state index contributed by atoms with van der Waals surface area (Å²) >= 11 is 2.93. The van der Waals surface area contributed by atoms with Crippen molar-refractivity contribution in [3.63, 3.8) is 0 Å². The highest BCUT2D eigenvalue weighted by molar-refractivity contribution is 7.99. The van der Waals surface area contributed by atoms with Crippen molar-refractivity contribution in [1.29, 1.82) is 0 Å². The minimum atomic E-state index is -0.135. The van der Waals surface area contributed by atoms with Crippen molar-refractivity contribution < 1.29 is 14.1 Å². The van der Waals surface area contributed by atoms with E-state index in [9.17, 15) is 9.59 Å². The number of aromatic nitrogens is 2. The van der Waals surface area contributed by atoms with Crippen LogP contribution >= 0.6 is 23.1 Å². The highest BCUT2D eigenvalue weighted by atomic mass is 32.2. The van der Waals surface area contributed by atoms with Gasteiger partial charge in [-0.1, -0.05) is 11.2 Å². The second-order valence-electron chi connectivity index (χ2n) is 5.81. The Kier molecular flexibility index (Phi) is 6.25. The Balaban J connectivity index is 1.45. The monoisotopic (exact) mass is 402 g/mol. The predicted molar refractivity (Wildman–Crippen MR) is 107 cm³/mol. The summed E-state index contributed by atoms with van der Waals surface area (Å²) in [5.41, 5.74) is 1.22. The average molecular weight is 403 g/mol. The van der Waals surface area contributed by atoms with E-state index in [0.717, 1.165) is 4.88 Å². The molecule has 0 spiro atoms. The van der Waals surface area contributed by atoms with Crippen LogP contribution < -0.4 is 5.32 Å². The highest BCUT2D eigenvalue weighted by Crippen LogP contribution is 2.22. The maximum Gasteiger partial charge on any atom is 0.253 e. The summed E-state index contributed by atoms with van der Waals surface area (Å²) in [6, 6.07) is 10.7. The molecule has 9 heteroatoms. The fourth-order valence-corrected chi connectivity index (χ4v) is 3.50. The summed E-state index contributed by atoms with van der Waals surface area (Å²) in [4.78, 5) is 30.7. The molecule has 0 aliphatic rings. The summed E-state index contributed by atoms with van der Waals surface area (Å²) in [7, 11) is 3.39. The van der Waals surface area contributed by atoms with Crippen LogP contribution in [-0.4, -0.2) is 46.7 Å². The first-order valence-electron chi connectivity index (χ1n) is 8.08. The minimum absolute atomic E-state index is 0.0788. The molecule has 140 valence electrons. The van der Waals surface area contributed by atoms with Gasteiger partial charge in [0.15, 0.2) is 0 Å². The number of benzene rings is 1. The SMILES string of the molecule is CN(C)C(=O)c1ccc(NC(=O)CSCc2nc(-c3cccs3)no2)cc1. The normalized spacial score (nSPS) is 10.6. The van der Waals surface area contributed by atoms with Crippen LogP contribution in [0.15, 0.2) is 46.3 Å². The van der Waals surface area contributed by atoms with Crippen LogP contribution in [0.1, 0.15) is 16.2 Å². The van der Waals surface area contributed by atoms with Gasteiger partial charge in [-0.2, -0.15) is 4.98 Å². The van der Waals surface area contributed by atoms with Gasteiger partial charge in [0.25, 0.3) is 5.91 Å². The summed E-state index contributed by atoms with van der Waals surface area (Å²) in [5.74, 6) is 1.56. The lowest BCUT2D eigenvalue weighted by molar-refractivity contribution is -0.113. The van der Waals surface area contributed by atoms with Crippen molar-refractivity contribution in [2.45, 2.75) is 5.75 Å². The third-order valence-electron chi connectivity index (χ3n) is 3.49. The number of nitrogens with one attached hydrogen (secondary N) is 1. The van der Waals surface area contributed by atoms with Gasteiger partial charge in [0.2, 0.25) is 17.6 Å². The topological polar surface area (TPSA) is 88.3 Å². The number of thiophene rings is 1. The Bertz CT molecular complexity index is 905. The van der Waals surface area contributed by atoms with Gasteiger partial charge in [0.05, 0.1) is 16.4 Å². The zero-order chi connectivity index (χ0) is 19.2. The minimum Gasteiger partial charge on any atom is -0.345 e. The Labute approximate surface area is 164 Å². The van der Waals surface area contributed by atoms with Gasteiger partial charge in [0, 0.05) is 25.3 Å². The molecule has 0 saturated heterocycles. The van der Waals surface area contributed by atoms with E-state index in [1.54, 1.807) is 49.7 Å². The van der Waals surface area contributed by atoms with E-state index in [-0.39, 0.29) is 17.6 Å². The molecular weight excluding hydrogens is 384 g/mol. The number of rotatable bonds is 7. The molecule has 2 amide bonds. The molecule has 1 N–H and O–H groups in total. The van der Waals surface area contributed by atoms with Crippen molar-refractivity contribution in [3.05, 3.63) is 53.2 Å². The van der Waals surface area contributed by atoms with E-state index >= 15 is 0 Å². The molecule has 0 radical (unpaired) electrons. The number of carbonyl (C=O) groups is 2. The van der Waals surface area contributed by atoms with Gasteiger partial charge < -0.3 is 14.7 Å². The molecule has 2 aromatic heterocycles. The Morgan fingerprint density at radius 3 is 2.67 bits per heavy atom. The molecule has 0 bridgehead atoms. The maximum atomic E-state index is 12.0. The van der Waals surface area contributed by atoms with Crippen molar-refractivity contribution >= 4 is 40.6 Å². The maximum absolute atomic E-state index is 12.0. The van der Waals surface area contributed by atoms with Gasteiger partial charge in [0.1, 0.15) is 0 Å². The molecule has 3 rings (SSSR count). The lowest BCUT2D eigenvalue weighted by Gasteiger charge is -2.10. The van der Waals surface area contributed by atoms with E-state index in [1.807, 2.05) is 17.5 Å². The molecule has 0 unspecified atom stereocenters. The number of thioether (sulfide) groups is 1. The zero-order valence-corrected chi connectivity index (χ0v) is 16.5. The van der Waals surface area contributed by atoms with Crippen LogP contribution in [0, 0.1) is 0 Å². The van der Waals surface area contributed by atoms with Gasteiger partial charge in [-0.3, -0.25) is 9.59 Å². The van der Waals surface area contributed by atoms with E-state index < -0.39 is 0 Å². The van der Waals surface area contributed by atoms with Gasteiger partial charge in [-0.25, -0.2) is 0 Å². The first-order valence-corrected chi connectivity index (χ1v) is 10.1. The predicted octanol–water partition coefficient (Wildman–Crippen LogP) is 3.37. The van der Waals surface area contributed by atoms with Gasteiger partial charge in [-0.05, 0) is 35.7 Å². The largest absolute Gasteiger partial charge is 0.345 e. The molecule has 0 aliphatic heterocycles. The van der Waals surface area contributed by atoms with E-state index in [2.05, 4.69) is 15.5 Å². The van der Waals surface area contributed by atoms with Crippen molar-refractivity contribution in [3.8, 4) is 10.7 Å². The summed E-state index contributed by atoms with van der Waals surface area (Å²) < 4.78 is 5.20. The van der Waals surface area contributed by atoms with Gasteiger partial charge >= 0.3 is 0 Å². The molecule has 2 heterocycles. The van der Waals surface area contributed by atoms with Crippen LogP contribution in [0.25, 0.3) is 10.7 Å². The standard InChI is InChI=1S/C18H18N4O3S2/c1-22(2)18(24)12-5-7-13(8-6-12)19-15(23)10-26-11-16-20-17(21-25-16)14-4-3-9-27-14/h3-9H,10-11H2,1-2H3,(H,19,23). The summed E-state index contributed by atoms with van der Waals surface area (Å²) in [6.07, 6.45) is 0. The Morgan fingerprint density at radius 2 is 2.00 bits per heavy atom. The smallest absolute Gasteiger partial charge is 0.253 e. The first-order chi connectivity index (χ1) is 13.0. The van der Waals surface area contributed by atoms with Crippen molar-refractivity contribution in [2.24, 2.45) is 0 Å². The Hall–Kier alpha value is -2.65. The van der Waals surface area contributed by atoms with Crippen LogP contribution in [-0.2, 0) is 10.5 Å². The van der Waals surface area contributed by atoms with E-state index in [0.29, 0.717) is 28.7 Å². The lowest BCUT2D eigenvalue weighted by Crippen LogP contribution is -2.21. The summed E-state index contributed by atoms with van der Waals surface area (Å²) in [6.45, 7) is 0. The van der Waals surface area contributed by atoms with Crippen molar-refractivity contribution in [2.75, 3.05) is 25.2 Å². The molecule has 0 fully saturated rings. The van der Waals surface area contributed by atoms with Crippen LogP contribution in [0.4, 0.5) is 5.69 Å². The summed E-state index contributed by atoms with van der Waals surface area (Å²) in [5, 5.41) is 8.69. The van der Waals surface area contributed by atoms with E-state index in [4.69, 9.17) is 4.52 Å². The first kappa shape index (κ1) is 19.1. The van der Waals surface area contributed by atoms with Gasteiger partial charge in [-0.15, -0.1) is 23.1 Å². The third kappa shape index (κ3) is 5.18. The van der Waals surface area contributed by atoms with E-state index in [1.165, 1.54) is 16.7 Å². The number of amides is 2. The van der Waals surface area contributed by atoms with Crippen molar-refractivity contribution in [1.82, 2.24) is 15.0 Å². The number of anilines is 1. The van der Waals surface area contributed by atoms with Crippen LogP contribution in [0.3, 0.4) is 0 Å². The second kappa shape index (κ2) is 8.83. The molecule has 0 saturated carbocycles. The zero-order valence-electron chi connectivity index (χ0n) is 14.8.